The number of para-hydroxylation sites is 1. The van der Waals surface area contributed by atoms with E-state index in [1.807, 2.05) is 42.5 Å². The summed E-state index contributed by atoms with van der Waals surface area (Å²) in [6.45, 7) is 0.427. The molecule has 0 aliphatic carbocycles. The molecule has 2 unspecified atom stereocenters. The highest BCUT2D eigenvalue weighted by atomic mass is 35.5. The average molecular weight is 389 g/mol. The first kappa shape index (κ1) is 18.7. The third-order valence-corrected chi connectivity index (χ3v) is 5.38. The van der Waals surface area contributed by atoms with Gasteiger partial charge in [-0.15, -0.1) is 11.6 Å². The third kappa shape index (κ3) is 3.85. The number of nitrogen functional groups attached to an aromatic ring is 1. The van der Waals surface area contributed by atoms with Gasteiger partial charge in [-0.05, 0) is 45.5 Å². The van der Waals surface area contributed by atoms with Crippen molar-refractivity contribution in [2.24, 2.45) is 0 Å². The molecule has 0 saturated carbocycles. The second kappa shape index (κ2) is 8.54. The van der Waals surface area contributed by atoms with Crippen LogP contribution >= 0.6 is 11.6 Å². The molecule has 3 aromatic carbocycles. The lowest BCUT2D eigenvalue weighted by molar-refractivity contribution is 0.320. The predicted octanol–water partition coefficient (Wildman–Crippen LogP) is 4.40. The summed E-state index contributed by atoms with van der Waals surface area (Å²) in [7, 11) is 0. The number of anilines is 1. The first-order chi connectivity index (χ1) is 12.6. The number of hydrogen-bond acceptors (Lipinski definition) is 4. The maximum absolute atomic E-state index is 12.2. The van der Waals surface area contributed by atoms with Gasteiger partial charge in [-0.2, -0.15) is 0 Å². The molecule has 0 fully saturated rings. The van der Waals surface area contributed by atoms with Crippen LogP contribution in [0.15, 0.2) is 60.7 Å². The van der Waals surface area contributed by atoms with Crippen LogP contribution in [0.25, 0.3) is 10.8 Å². The van der Waals surface area contributed by atoms with E-state index in [0.717, 1.165) is 10.8 Å². The Balaban J connectivity index is 2.09. The smallest absolute Gasteiger partial charge is 0.142 e. The van der Waals surface area contributed by atoms with Crippen molar-refractivity contribution in [3.8, 4) is 5.75 Å². The van der Waals surface area contributed by atoms with Crippen LogP contribution in [-0.4, -0.2) is 21.2 Å². The normalized spacial score (nSPS) is 13.5. The van der Waals surface area contributed by atoms with E-state index in [4.69, 9.17) is 22.1 Å². The number of alkyl halides is 1. The molecule has 2 N–H and O–H groups in total. The van der Waals surface area contributed by atoms with E-state index in [0.29, 0.717) is 41.5 Å². The third-order valence-electron chi connectivity index (χ3n) is 4.22. The molecule has 0 saturated heterocycles. The SMILES string of the molecule is Nc1c(OCCCCl)cccc1C(c1cccc2ccccc12)S(=O)[O-]. The van der Waals surface area contributed by atoms with E-state index in [1.165, 1.54) is 0 Å². The van der Waals surface area contributed by atoms with Crippen LogP contribution in [-0.2, 0) is 11.1 Å². The van der Waals surface area contributed by atoms with Crippen molar-refractivity contribution in [1.29, 1.82) is 0 Å². The molecule has 0 amide bonds. The molecule has 0 aliphatic heterocycles. The fourth-order valence-corrected chi connectivity index (χ4v) is 3.94. The van der Waals surface area contributed by atoms with E-state index in [2.05, 4.69) is 0 Å². The molecule has 26 heavy (non-hydrogen) atoms. The fraction of sp³-hybridized carbons (Fsp3) is 0.200. The zero-order chi connectivity index (χ0) is 18.5. The molecule has 0 aromatic heterocycles. The summed E-state index contributed by atoms with van der Waals surface area (Å²) in [5, 5.41) is 0.989. The van der Waals surface area contributed by atoms with Crippen molar-refractivity contribution in [2.45, 2.75) is 11.7 Å². The van der Waals surface area contributed by atoms with Crippen LogP contribution in [0.1, 0.15) is 22.8 Å². The second-order valence-corrected chi connectivity index (χ2v) is 7.23. The Labute approximate surface area is 160 Å². The number of fused-ring (bicyclic) bond motifs is 1. The van der Waals surface area contributed by atoms with Crippen LogP contribution in [0.2, 0.25) is 0 Å². The van der Waals surface area contributed by atoms with E-state index in [9.17, 15) is 8.76 Å². The van der Waals surface area contributed by atoms with Gasteiger partial charge in [-0.1, -0.05) is 54.6 Å². The minimum Gasteiger partial charge on any atom is -0.772 e. The topological polar surface area (TPSA) is 75.4 Å². The number of hydrogen-bond donors (Lipinski definition) is 1. The lowest BCUT2D eigenvalue weighted by Crippen LogP contribution is -2.12. The minimum atomic E-state index is -2.39. The molecule has 0 radical (unpaired) electrons. The van der Waals surface area contributed by atoms with E-state index < -0.39 is 16.3 Å². The maximum atomic E-state index is 12.2. The quantitative estimate of drug-likeness (QED) is 0.282. The Bertz CT molecular complexity index is 927. The van der Waals surface area contributed by atoms with Crippen molar-refractivity contribution in [1.82, 2.24) is 0 Å². The minimum absolute atomic E-state index is 0.337. The Kier molecular flexibility index (Phi) is 6.14. The van der Waals surface area contributed by atoms with Crippen LogP contribution in [0.4, 0.5) is 5.69 Å². The molecule has 0 aliphatic rings. The maximum Gasteiger partial charge on any atom is 0.142 e. The molecular formula is C20H19ClNO3S-. The van der Waals surface area contributed by atoms with Gasteiger partial charge >= 0.3 is 0 Å². The molecule has 2 atom stereocenters. The van der Waals surface area contributed by atoms with Crippen molar-refractivity contribution < 1.29 is 13.5 Å². The summed E-state index contributed by atoms with van der Waals surface area (Å²) in [4.78, 5) is 0. The summed E-state index contributed by atoms with van der Waals surface area (Å²) in [6.07, 6.45) is 0.686. The molecule has 3 aromatic rings. The first-order valence-corrected chi connectivity index (χ1v) is 9.93. The van der Waals surface area contributed by atoms with Crippen molar-refractivity contribution in [3.63, 3.8) is 0 Å². The van der Waals surface area contributed by atoms with Crippen LogP contribution in [0, 0.1) is 0 Å². The van der Waals surface area contributed by atoms with Crippen LogP contribution in [0.3, 0.4) is 0 Å². The van der Waals surface area contributed by atoms with Gasteiger partial charge < -0.3 is 15.0 Å². The molecule has 136 valence electrons. The van der Waals surface area contributed by atoms with Gasteiger partial charge in [0, 0.05) is 5.88 Å². The van der Waals surface area contributed by atoms with Gasteiger partial charge in [0.25, 0.3) is 0 Å². The number of benzene rings is 3. The number of rotatable bonds is 7. The summed E-state index contributed by atoms with van der Waals surface area (Å²) < 4.78 is 30.0. The Morgan fingerprint density at radius 2 is 1.73 bits per heavy atom. The van der Waals surface area contributed by atoms with Crippen molar-refractivity contribution >= 4 is 39.1 Å². The lowest BCUT2D eigenvalue weighted by atomic mass is 9.97. The van der Waals surface area contributed by atoms with Gasteiger partial charge in [0.1, 0.15) is 5.75 Å². The fourth-order valence-electron chi connectivity index (χ4n) is 3.01. The summed E-state index contributed by atoms with van der Waals surface area (Å²) >= 11 is 3.28. The summed E-state index contributed by atoms with van der Waals surface area (Å²) in [6, 6.07) is 18.6. The van der Waals surface area contributed by atoms with E-state index in [-0.39, 0.29) is 0 Å². The van der Waals surface area contributed by atoms with E-state index in [1.54, 1.807) is 18.2 Å². The zero-order valence-electron chi connectivity index (χ0n) is 14.1. The van der Waals surface area contributed by atoms with Crippen LogP contribution < -0.4 is 10.5 Å². The molecule has 3 rings (SSSR count). The summed E-state index contributed by atoms with van der Waals surface area (Å²) in [5.41, 5.74) is 7.80. The van der Waals surface area contributed by atoms with Gasteiger partial charge in [0.15, 0.2) is 0 Å². The highest BCUT2D eigenvalue weighted by Gasteiger charge is 2.21. The first-order valence-electron chi connectivity index (χ1n) is 8.26. The lowest BCUT2D eigenvalue weighted by Gasteiger charge is -2.24. The van der Waals surface area contributed by atoms with Gasteiger partial charge in [-0.25, -0.2) is 0 Å². The molecule has 0 bridgehead atoms. The largest absolute Gasteiger partial charge is 0.772 e. The number of nitrogens with two attached hydrogens (primary N) is 1. The molecular weight excluding hydrogens is 370 g/mol. The highest BCUT2D eigenvalue weighted by Crippen LogP contribution is 2.38. The van der Waals surface area contributed by atoms with Gasteiger partial charge in [-0.3, -0.25) is 4.21 Å². The highest BCUT2D eigenvalue weighted by molar-refractivity contribution is 7.79. The average Bonchev–Trinajstić information content (AvgIpc) is 2.65. The molecule has 0 heterocycles. The van der Waals surface area contributed by atoms with Gasteiger partial charge in [0.2, 0.25) is 0 Å². The number of ether oxygens (including phenoxy) is 1. The Morgan fingerprint density at radius 1 is 1.04 bits per heavy atom. The summed E-state index contributed by atoms with van der Waals surface area (Å²) in [5.74, 6) is 0.964. The Hall–Kier alpha value is -2.08. The standard InChI is InChI=1S/C20H20ClNO3S/c21-12-5-13-25-18-11-4-10-17(19(18)22)20(26(23)24)16-9-3-7-14-6-1-2-8-15(14)16/h1-4,6-11,20H,5,12-13,22H2,(H,23,24)/p-1. The predicted molar refractivity (Wildman–Crippen MR) is 106 cm³/mol. The van der Waals surface area contributed by atoms with E-state index >= 15 is 0 Å². The Morgan fingerprint density at radius 3 is 2.50 bits per heavy atom. The number of halogens is 1. The van der Waals surface area contributed by atoms with Gasteiger partial charge in [0.05, 0.1) is 17.5 Å². The monoisotopic (exact) mass is 388 g/mol. The molecule has 4 nitrogen and oxygen atoms in total. The molecule has 0 spiro atoms. The van der Waals surface area contributed by atoms with Crippen LogP contribution in [0.5, 0.6) is 5.75 Å². The van der Waals surface area contributed by atoms with Crippen molar-refractivity contribution in [3.05, 3.63) is 71.8 Å². The molecule has 6 heteroatoms. The second-order valence-electron chi connectivity index (χ2n) is 5.86. The van der Waals surface area contributed by atoms with Crippen molar-refractivity contribution in [2.75, 3.05) is 18.2 Å². The zero-order valence-corrected chi connectivity index (χ0v) is 15.6.